The number of halogens is 3. The fourth-order valence-electron chi connectivity index (χ4n) is 2.32. The number of hydrogen-bond acceptors (Lipinski definition) is 3. The number of H-pyrrole nitrogens is 1. The van der Waals surface area contributed by atoms with E-state index in [1.807, 2.05) is 0 Å². The topological polar surface area (TPSA) is 70.7 Å². The summed E-state index contributed by atoms with van der Waals surface area (Å²) in [6.45, 7) is 1.32. The maximum atomic E-state index is 13.1. The van der Waals surface area contributed by atoms with Gasteiger partial charge in [-0.2, -0.15) is 18.3 Å². The van der Waals surface area contributed by atoms with Crippen LogP contribution < -0.4 is 5.32 Å². The predicted molar refractivity (Wildman–Crippen MR) is 78.6 cm³/mol. The lowest BCUT2D eigenvalue weighted by Crippen LogP contribution is -2.08. The molecule has 2 aromatic heterocycles. The first-order valence-electron chi connectivity index (χ1n) is 6.63. The van der Waals surface area contributed by atoms with Gasteiger partial charge in [0.25, 0.3) is 0 Å². The van der Waals surface area contributed by atoms with Crippen molar-refractivity contribution in [3.8, 4) is 11.3 Å². The first-order valence-corrected chi connectivity index (χ1v) is 6.63. The Bertz CT molecular complexity index is 886. The van der Waals surface area contributed by atoms with Gasteiger partial charge >= 0.3 is 6.18 Å². The van der Waals surface area contributed by atoms with Crippen molar-refractivity contribution in [3.05, 3.63) is 42.2 Å². The summed E-state index contributed by atoms with van der Waals surface area (Å²) in [7, 11) is 0. The molecule has 0 spiro atoms. The number of amides is 1. The third-order valence-electron chi connectivity index (χ3n) is 3.26. The van der Waals surface area contributed by atoms with Crippen LogP contribution in [-0.4, -0.2) is 21.1 Å². The van der Waals surface area contributed by atoms with Crippen molar-refractivity contribution in [1.82, 2.24) is 15.2 Å². The summed E-state index contributed by atoms with van der Waals surface area (Å²) in [5.74, 6) is -0.338. The fraction of sp³-hybridized carbons (Fsp3) is 0.133. The normalized spacial score (nSPS) is 11.7. The summed E-state index contributed by atoms with van der Waals surface area (Å²) in [6.07, 6.45) is -1.62. The number of pyridine rings is 1. The Morgan fingerprint density at radius 2 is 2.09 bits per heavy atom. The Balaban J connectivity index is 2.28. The van der Waals surface area contributed by atoms with E-state index in [1.165, 1.54) is 19.3 Å². The van der Waals surface area contributed by atoms with Gasteiger partial charge in [0.05, 0.1) is 28.7 Å². The summed E-state index contributed by atoms with van der Waals surface area (Å²) in [5.41, 5.74) is 0.257. The SMILES string of the molecule is CC(=O)Nc1cccnc1-c1cc(C(F)(F)F)cc2[nH]ncc12. The zero-order chi connectivity index (χ0) is 16.6. The van der Waals surface area contributed by atoms with Crippen molar-refractivity contribution in [2.24, 2.45) is 0 Å². The first kappa shape index (κ1) is 15.0. The summed E-state index contributed by atoms with van der Waals surface area (Å²) >= 11 is 0. The molecular formula is C15H11F3N4O. The molecule has 0 aliphatic carbocycles. The number of hydrogen-bond donors (Lipinski definition) is 2. The van der Waals surface area contributed by atoms with E-state index in [2.05, 4.69) is 20.5 Å². The van der Waals surface area contributed by atoms with E-state index in [1.54, 1.807) is 12.1 Å². The molecular weight excluding hydrogens is 309 g/mol. The minimum atomic E-state index is -4.50. The number of alkyl halides is 3. The van der Waals surface area contributed by atoms with E-state index >= 15 is 0 Å². The summed E-state index contributed by atoms with van der Waals surface area (Å²) < 4.78 is 39.3. The smallest absolute Gasteiger partial charge is 0.324 e. The van der Waals surface area contributed by atoms with Gasteiger partial charge in [-0.25, -0.2) is 0 Å². The molecule has 5 nitrogen and oxygen atoms in total. The third-order valence-corrected chi connectivity index (χ3v) is 3.26. The molecule has 2 heterocycles. The van der Waals surface area contributed by atoms with Crippen LogP contribution in [0.3, 0.4) is 0 Å². The van der Waals surface area contributed by atoms with Crippen molar-refractivity contribution >= 4 is 22.5 Å². The Labute approximate surface area is 128 Å². The van der Waals surface area contributed by atoms with Gasteiger partial charge in [-0.15, -0.1) is 0 Å². The van der Waals surface area contributed by atoms with Crippen molar-refractivity contribution in [1.29, 1.82) is 0 Å². The average molecular weight is 320 g/mol. The molecule has 8 heteroatoms. The van der Waals surface area contributed by atoms with Crippen LogP contribution >= 0.6 is 0 Å². The number of carbonyl (C=O) groups excluding carboxylic acids is 1. The van der Waals surface area contributed by atoms with Crippen LogP contribution in [0.5, 0.6) is 0 Å². The highest BCUT2D eigenvalue weighted by Gasteiger charge is 2.32. The molecule has 0 fully saturated rings. The maximum Gasteiger partial charge on any atom is 0.416 e. The van der Waals surface area contributed by atoms with Gasteiger partial charge in [0.1, 0.15) is 0 Å². The van der Waals surface area contributed by atoms with Crippen LogP contribution in [-0.2, 0) is 11.0 Å². The van der Waals surface area contributed by atoms with Crippen LogP contribution in [0.25, 0.3) is 22.2 Å². The van der Waals surface area contributed by atoms with Crippen LogP contribution in [0, 0.1) is 0 Å². The lowest BCUT2D eigenvalue weighted by Gasteiger charge is -2.13. The maximum absolute atomic E-state index is 13.1. The van der Waals surface area contributed by atoms with Crippen LogP contribution in [0.1, 0.15) is 12.5 Å². The Kier molecular flexibility index (Phi) is 3.51. The molecule has 0 saturated carbocycles. The van der Waals surface area contributed by atoms with E-state index in [0.717, 1.165) is 12.1 Å². The van der Waals surface area contributed by atoms with Crippen molar-refractivity contribution in [3.63, 3.8) is 0 Å². The Morgan fingerprint density at radius 3 is 2.78 bits per heavy atom. The third kappa shape index (κ3) is 2.87. The zero-order valence-electron chi connectivity index (χ0n) is 11.9. The second kappa shape index (κ2) is 5.38. The summed E-state index contributed by atoms with van der Waals surface area (Å²) in [6, 6.07) is 5.17. The van der Waals surface area contributed by atoms with Gasteiger partial charge in [0.2, 0.25) is 5.91 Å². The molecule has 3 rings (SSSR count). The van der Waals surface area contributed by atoms with E-state index < -0.39 is 11.7 Å². The summed E-state index contributed by atoms with van der Waals surface area (Å²) in [5, 5.41) is 9.39. The van der Waals surface area contributed by atoms with Gasteiger partial charge in [0.15, 0.2) is 0 Å². The van der Waals surface area contributed by atoms with Crippen molar-refractivity contribution in [2.75, 3.05) is 5.32 Å². The van der Waals surface area contributed by atoms with Crippen molar-refractivity contribution < 1.29 is 18.0 Å². The number of nitrogens with zero attached hydrogens (tertiary/aromatic N) is 2. The number of aromatic nitrogens is 3. The number of anilines is 1. The molecule has 2 N–H and O–H groups in total. The molecule has 0 aliphatic heterocycles. The number of rotatable bonds is 2. The molecule has 1 aromatic carbocycles. The lowest BCUT2D eigenvalue weighted by molar-refractivity contribution is -0.137. The van der Waals surface area contributed by atoms with Crippen LogP contribution in [0.2, 0.25) is 0 Å². The van der Waals surface area contributed by atoms with Gasteiger partial charge < -0.3 is 5.32 Å². The van der Waals surface area contributed by atoms with Gasteiger partial charge in [-0.05, 0) is 24.3 Å². The number of fused-ring (bicyclic) bond motifs is 1. The van der Waals surface area contributed by atoms with Gasteiger partial charge in [0, 0.05) is 24.1 Å². The van der Waals surface area contributed by atoms with Crippen molar-refractivity contribution in [2.45, 2.75) is 13.1 Å². The van der Waals surface area contributed by atoms with E-state index in [0.29, 0.717) is 11.1 Å². The molecule has 0 aliphatic rings. The molecule has 23 heavy (non-hydrogen) atoms. The van der Waals surface area contributed by atoms with Gasteiger partial charge in [-0.3, -0.25) is 14.9 Å². The molecule has 0 radical (unpaired) electrons. The Morgan fingerprint density at radius 1 is 1.30 bits per heavy atom. The van der Waals surface area contributed by atoms with E-state index in [-0.39, 0.29) is 22.7 Å². The number of aromatic amines is 1. The minimum Gasteiger partial charge on any atom is -0.324 e. The van der Waals surface area contributed by atoms with Crippen LogP contribution in [0.4, 0.5) is 18.9 Å². The fourth-order valence-corrected chi connectivity index (χ4v) is 2.32. The monoisotopic (exact) mass is 320 g/mol. The molecule has 0 bridgehead atoms. The number of nitrogens with one attached hydrogen (secondary N) is 2. The number of benzene rings is 1. The molecule has 118 valence electrons. The van der Waals surface area contributed by atoms with E-state index in [4.69, 9.17) is 0 Å². The first-order chi connectivity index (χ1) is 10.9. The second-order valence-corrected chi connectivity index (χ2v) is 4.93. The number of carbonyl (C=O) groups is 1. The second-order valence-electron chi connectivity index (χ2n) is 4.93. The molecule has 0 saturated heterocycles. The lowest BCUT2D eigenvalue weighted by atomic mass is 10.0. The molecule has 0 atom stereocenters. The predicted octanol–water partition coefficient (Wildman–Crippen LogP) is 3.60. The minimum absolute atomic E-state index is 0.243. The van der Waals surface area contributed by atoms with Gasteiger partial charge in [-0.1, -0.05) is 0 Å². The molecule has 1 amide bonds. The Hall–Kier alpha value is -2.90. The average Bonchev–Trinajstić information content (AvgIpc) is 2.93. The largest absolute Gasteiger partial charge is 0.416 e. The highest BCUT2D eigenvalue weighted by Crippen LogP contribution is 2.37. The zero-order valence-corrected chi connectivity index (χ0v) is 11.9. The molecule has 3 aromatic rings. The highest BCUT2D eigenvalue weighted by atomic mass is 19.4. The standard InChI is InChI=1S/C15H11F3N4O/c1-8(23)21-12-3-2-4-19-14(12)10-5-9(15(16,17)18)6-13-11(10)7-20-22-13/h2-7H,1H3,(H,20,22)(H,21,23). The summed E-state index contributed by atoms with van der Waals surface area (Å²) in [4.78, 5) is 15.4. The van der Waals surface area contributed by atoms with Crippen LogP contribution in [0.15, 0.2) is 36.7 Å². The highest BCUT2D eigenvalue weighted by molar-refractivity contribution is 6.00. The molecule has 0 unspecified atom stereocenters. The van der Waals surface area contributed by atoms with E-state index in [9.17, 15) is 18.0 Å². The quantitative estimate of drug-likeness (QED) is 0.758.